The number of nitriles is 1. The van der Waals surface area contributed by atoms with Crippen LogP contribution in [0.1, 0.15) is 29.6 Å². The highest BCUT2D eigenvalue weighted by molar-refractivity contribution is 9.10. The first kappa shape index (κ1) is 15.2. The van der Waals surface area contributed by atoms with Crippen LogP contribution >= 0.6 is 15.9 Å². The van der Waals surface area contributed by atoms with E-state index in [1.807, 2.05) is 6.07 Å². The molecule has 0 aliphatic heterocycles. The van der Waals surface area contributed by atoms with E-state index in [2.05, 4.69) is 21.2 Å². The maximum Gasteiger partial charge on any atom is 0.326 e. The monoisotopic (exact) mass is 324 g/mol. The van der Waals surface area contributed by atoms with Crippen LogP contribution in [0.2, 0.25) is 0 Å². The van der Waals surface area contributed by atoms with Crippen LogP contribution in [-0.4, -0.2) is 23.0 Å². The van der Waals surface area contributed by atoms with Gasteiger partial charge in [-0.2, -0.15) is 5.26 Å². The van der Waals surface area contributed by atoms with Gasteiger partial charge in [0, 0.05) is 16.5 Å². The van der Waals surface area contributed by atoms with Crippen molar-refractivity contribution >= 4 is 27.8 Å². The predicted molar refractivity (Wildman–Crippen MR) is 72.5 cm³/mol. The Morgan fingerprint density at radius 3 is 2.79 bits per heavy atom. The molecule has 0 aromatic heterocycles. The van der Waals surface area contributed by atoms with Crippen molar-refractivity contribution in [3.63, 3.8) is 0 Å². The highest BCUT2D eigenvalue weighted by Gasteiger charge is 2.20. The summed E-state index contributed by atoms with van der Waals surface area (Å²) in [4.78, 5) is 22.9. The van der Waals surface area contributed by atoms with Gasteiger partial charge >= 0.3 is 5.97 Å². The zero-order chi connectivity index (χ0) is 14.3. The Labute approximate surface area is 119 Å². The average Bonchev–Trinajstić information content (AvgIpc) is 2.37. The molecule has 6 heteroatoms. The summed E-state index contributed by atoms with van der Waals surface area (Å²) in [6, 6.07) is 7.67. The van der Waals surface area contributed by atoms with Gasteiger partial charge in [-0.15, -0.1) is 0 Å². The van der Waals surface area contributed by atoms with E-state index in [4.69, 9.17) is 10.4 Å². The fourth-order valence-electron chi connectivity index (χ4n) is 1.51. The molecule has 1 amide bonds. The van der Waals surface area contributed by atoms with E-state index < -0.39 is 17.9 Å². The second kappa shape index (κ2) is 7.54. The summed E-state index contributed by atoms with van der Waals surface area (Å²) in [6.07, 6.45) is 0.950. The number of halogens is 1. The zero-order valence-corrected chi connectivity index (χ0v) is 11.7. The molecule has 100 valence electrons. The predicted octanol–water partition coefficient (Wildman–Crippen LogP) is 2.33. The molecule has 1 atom stereocenters. The van der Waals surface area contributed by atoms with Gasteiger partial charge in [0.05, 0.1) is 6.07 Å². The molecule has 0 aliphatic carbocycles. The maximum absolute atomic E-state index is 11.9. The highest BCUT2D eigenvalue weighted by Crippen LogP contribution is 2.12. The molecule has 2 N–H and O–H groups in total. The van der Waals surface area contributed by atoms with Crippen molar-refractivity contribution in [3.8, 4) is 6.07 Å². The molecule has 0 heterocycles. The third kappa shape index (κ3) is 5.10. The summed E-state index contributed by atoms with van der Waals surface area (Å²) < 4.78 is 0.747. The number of carboxylic acid groups (broad SMARTS) is 1. The lowest BCUT2D eigenvalue weighted by molar-refractivity contribution is -0.139. The maximum atomic E-state index is 11.9. The van der Waals surface area contributed by atoms with Gasteiger partial charge in [0.25, 0.3) is 5.91 Å². The standard InChI is InChI=1S/C13H13BrN2O3/c14-10-5-3-4-9(8-10)12(17)16-11(13(18)19)6-1-2-7-15/h3-5,8,11H,1-2,6H2,(H,16,17)(H,18,19)/t11-/m0/s1. The van der Waals surface area contributed by atoms with Crippen LogP contribution < -0.4 is 5.32 Å². The number of hydrogen-bond donors (Lipinski definition) is 2. The van der Waals surface area contributed by atoms with E-state index in [0.717, 1.165) is 4.47 Å². The number of nitrogens with one attached hydrogen (secondary N) is 1. The van der Waals surface area contributed by atoms with Gasteiger partial charge in [-0.3, -0.25) is 4.79 Å². The fraction of sp³-hybridized carbons (Fsp3) is 0.308. The third-order valence-corrected chi connectivity index (χ3v) is 2.96. The van der Waals surface area contributed by atoms with Crippen LogP contribution in [0.15, 0.2) is 28.7 Å². The number of unbranched alkanes of at least 4 members (excludes halogenated alkanes) is 1. The third-order valence-electron chi connectivity index (χ3n) is 2.47. The lowest BCUT2D eigenvalue weighted by Crippen LogP contribution is -2.40. The summed E-state index contributed by atoms with van der Waals surface area (Å²) in [7, 11) is 0. The van der Waals surface area contributed by atoms with Crippen molar-refractivity contribution in [1.82, 2.24) is 5.32 Å². The van der Waals surface area contributed by atoms with Crippen molar-refractivity contribution in [2.45, 2.75) is 25.3 Å². The Morgan fingerprint density at radius 2 is 2.21 bits per heavy atom. The van der Waals surface area contributed by atoms with E-state index in [1.165, 1.54) is 0 Å². The van der Waals surface area contributed by atoms with Crippen molar-refractivity contribution in [1.29, 1.82) is 5.26 Å². The van der Waals surface area contributed by atoms with Crippen LogP contribution in [0.4, 0.5) is 0 Å². The lowest BCUT2D eigenvalue weighted by Gasteiger charge is -2.13. The number of aliphatic carboxylic acids is 1. The van der Waals surface area contributed by atoms with Gasteiger partial charge in [0.15, 0.2) is 0 Å². The van der Waals surface area contributed by atoms with Gasteiger partial charge < -0.3 is 10.4 Å². The smallest absolute Gasteiger partial charge is 0.326 e. The Kier molecular flexibility index (Phi) is 6.03. The fourth-order valence-corrected chi connectivity index (χ4v) is 1.91. The normalized spacial score (nSPS) is 11.4. The van der Waals surface area contributed by atoms with Crippen LogP contribution in [-0.2, 0) is 4.79 Å². The molecule has 0 saturated heterocycles. The van der Waals surface area contributed by atoms with Crippen molar-refractivity contribution in [2.75, 3.05) is 0 Å². The Hall–Kier alpha value is -1.87. The van der Waals surface area contributed by atoms with Crippen LogP contribution in [0.5, 0.6) is 0 Å². The minimum atomic E-state index is -1.10. The summed E-state index contributed by atoms with van der Waals surface area (Å²) in [5.74, 6) is -1.54. The second-order valence-corrected chi connectivity index (χ2v) is 4.84. The zero-order valence-electron chi connectivity index (χ0n) is 10.1. The quantitative estimate of drug-likeness (QED) is 0.786. The molecule has 0 radical (unpaired) electrons. The number of carbonyl (C=O) groups is 2. The van der Waals surface area contributed by atoms with Crippen molar-refractivity contribution in [2.24, 2.45) is 0 Å². The molecule has 0 aliphatic rings. The molecule has 0 unspecified atom stereocenters. The Balaban J connectivity index is 2.66. The number of carboxylic acids is 1. The first-order chi connectivity index (χ1) is 9.04. The topological polar surface area (TPSA) is 90.2 Å². The van der Waals surface area contributed by atoms with Gasteiger partial charge in [0.1, 0.15) is 6.04 Å². The first-order valence-corrected chi connectivity index (χ1v) is 6.50. The molecule has 0 fully saturated rings. The molecule has 0 spiro atoms. The minimum absolute atomic E-state index is 0.239. The number of rotatable bonds is 6. The van der Waals surface area contributed by atoms with E-state index in [-0.39, 0.29) is 12.8 Å². The Bertz CT molecular complexity index is 511. The first-order valence-electron chi connectivity index (χ1n) is 5.70. The summed E-state index contributed by atoms with van der Waals surface area (Å²) >= 11 is 3.24. The van der Waals surface area contributed by atoms with E-state index in [1.54, 1.807) is 24.3 Å². The molecule has 5 nitrogen and oxygen atoms in total. The second-order valence-electron chi connectivity index (χ2n) is 3.92. The van der Waals surface area contributed by atoms with E-state index >= 15 is 0 Å². The molecule has 0 saturated carbocycles. The molecular formula is C13H13BrN2O3. The van der Waals surface area contributed by atoms with Crippen LogP contribution in [0, 0.1) is 11.3 Å². The number of amides is 1. The van der Waals surface area contributed by atoms with Crippen molar-refractivity contribution in [3.05, 3.63) is 34.3 Å². The molecule has 1 aromatic rings. The van der Waals surface area contributed by atoms with E-state index in [9.17, 15) is 9.59 Å². The Morgan fingerprint density at radius 1 is 1.47 bits per heavy atom. The van der Waals surface area contributed by atoms with Crippen molar-refractivity contribution < 1.29 is 14.7 Å². The number of nitrogens with zero attached hydrogens (tertiary/aromatic N) is 1. The average molecular weight is 325 g/mol. The molecule has 1 aromatic carbocycles. The minimum Gasteiger partial charge on any atom is -0.480 e. The molecular weight excluding hydrogens is 312 g/mol. The number of carbonyl (C=O) groups excluding carboxylic acids is 1. The molecule has 0 bridgehead atoms. The van der Waals surface area contributed by atoms with Gasteiger partial charge in [-0.05, 0) is 31.0 Å². The van der Waals surface area contributed by atoms with E-state index in [0.29, 0.717) is 12.0 Å². The number of hydrogen-bond acceptors (Lipinski definition) is 3. The van der Waals surface area contributed by atoms with Crippen LogP contribution in [0.3, 0.4) is 0 Å². The van der Waals surface area contributed by atoms with Gasteiger partial charge in [-0.25, -0.2) is 4.79 Å². The summed E-state index contributed by atoms with van der Waals surface area (Å²) in [5.41, 5.74) is 0.390. The van der Waals surface area contributed by atoms with Gasteiger partial charge in [0.2, 0.25) is 0 Å². The van der Waals surface area contributed by atoms with Crippen LogP contribution in [0.25, 0.3) is 0 Å². The SMILES string of the molecule is N#CCCC[C@H](NC(=O)c1cccc(Br)c1)C(=O)O. The molecule has 19 heavy (non-hydrogen) atoms. The van der Waals surface area contributed by atoms with Gasteiger partial charge in [-0.1, -0.05) is 22.0 Å². The largest absolute Gasteiger partial charge is 0.480 e. The lowest BCUT2D eigenvalue weighted by atomic mass is 10.1. The number of benzene rings is 1. The summed E-state index contributed by atoms with van der Waals surface area (Å²) in [5, 5.41) is 19.9. The molecule has 1 rings (SSSR count). The summed E-state index contributed by atoms with van der Waals surface area (Å²) in [6.45, 7) is 0. The highest BCUT2D eigenvalue weighted by atomic mass is 79.9.